The maximum Gasteiger partial charge on any atom is 0.292 e. The predicted molar refractivity (Wildman–Crippen MR) is 105 cm³/mol. The van der Waals surface area contributed by atoms with Crippen LogP contribution in [0.3, 0.4) is 0 Å². The summed E-state index contributed by atoms with van der Waals surface area (Å²) < 4.78 is 1.31. The normalized spacial score (nSPS) is 11.2. The largest absolute Gasteiger partial charge is 0.292 e. The van der Waals surface area contributed by atoms with Crippen LogP contribution < -0.4 is 11.0 Å². The van der Waals surface area contributed by atoms with Gasteiger partial charge >= 0.3 is 0 Å². The lowest BCUT2D eigenvalue weighted by Crippen LogP contribution is -2.29. The summed E-state index contributed by atoms with van der Waals surface area (Å²) in [6.45, 7) is 10.7. The van der Waals surface area contributed by atoms with Crippen molar-refractivity contribution in [3.63, 3.8) is 0 Å². The molecule has 6 heteroatoms. The van der Waals surface area contributed by atoms with Crippen LogP contribution in [0, 0.1) is 11.8 Å². The minimum Gasteiger partial charge on any atom is -0.267 e. The molecule has 0 saturated carbocycles. The third-order valence-electron chi connectivity index (χ3n) is 3.99. The first-order chi connectivity index (χ1) is 12.3. The van der Waals surface area contributed by atoms with Crippen LogP contribution in [0.15, 0.2) is 34.2 Å². The second-order valence-corrected chi connectivity index (χ2v) is 7.33. The van der Waals surface area contributed by atoms with E-state index in [1.807, 2.05) is 6.92 Å². The van der Waals surface area contributed by atoms with E-state index in [-0.39, 0.29) is 11.3 Å². The zero-order chi connectivity index (χ0) is 19.3. The molecule has 2 aromatic rings. The molecule has 1 N–H and O–H groups in total. The molecule has 0 aliphatic carbocycles. The van der Waals surface area contributed by atoms with Crippen molar-refractivity contribution in [1.29, 1.82) is 0 Å². The summed E-state index contributed by atoms with van der Waals surface area (Å²) in [5.74, 6) is 0.532. The average molecular weight is 356 g/mol. The van der Waals surface area contributed by atoms with E-state index >= 15 is 0 Å². The van der Waals surface area contributed by atoms with Gasteiger partial charge in [0.2, 0.25) is 0 Å². The molecule has 1 aromatic heterocycles. The third kappa shape index (κ3) is 4.77. The first kappa shape index (κ1) is 19.8. The number of fused-ring (bicyclic) bond motifs is 1. The summed E-state index contributed by atoms with van der Waals surface area (Å²) in [6.07, 6.45) is 1.67. The van der Waals surface area contributed by atoms with Gasteiger partial charge in [0.15, 0.2) is 5.69 Å². The highest BCUT2D eigenvalue weighted by Gasteiger charge is 2.16. The van der Waals surface area contributed by atoms with Gasteiger partial charge in [-0.2, -0.15) is 10.2 Å². The van der Waals surface area contributed by atoms with E-state index < -0.39 is 5.91 Å². The molecule has 0 unspecified atom stereocenters. The molecule has 0 saturated heterocycles. The Balaban J connectivity index is 2.38. The third-order valence-corrected chi connectivity index (χ3v) is 3.99. The van der Waals surface area contributed by atoms with Crippen molar-refractivity contribution in [2.45, 2.75) is 54.0 Å². The minimum absolute atomic E-state index is 0.191. The van der Waals surface area contributed by atoms with Crippen LogP contribution in [-0.4, -0.2) is 21.4 Å². The van der Waals surface area contributed by atoms with E-state index in [1.165, 1.54) is 4.68 Å². The number of nitrogens with one attached hydrogen (secondary N) is 1. The average Bonchev–Trinajstić information content (AvgIpc) is 2.59. The molecule has 0 aliphatic heterocycles. The van der Waals surface area contributed by atoms with Crippen molar-refractivity contribution >= 4 is 22.4 Å². The van der Waals surface area contributed by atoms with Crippen LogP contribution in [0.25, 0.3) is 10.8 Å². The van der Waals surface area contributed by atoms with Crippen molar-refractivity contribution in [3.05, 3.63) is 40.3 Å². The summed E-state index contributed by atoms with van der Waals surface area (Å²) in [4.78, 5) is 25.1. The number of aromatic nitrogens is 2. The van der Waals surface area contributed by atoms with Crippen molar-refractivity contribution < 1.29 is 4.79 Å². The fourth-order valence-electron chi connectivity index (χ4n) is 2.92. The van der Waals surface area contributed by atoms with Crippen LogP contribution >= 0.6 is 0 Å². The summed E-state index contributed by atoms with van der Waals surface area (Å²) in [5.41, 5.74) is 3.64. The van der Waals surface area contributed by atoms with E-state index in [4.69, 9.17) is 0 Å². The molecule has 0 bridgehead atoms. The summed E-state index contributed by atoms with van der Waals surface area (Å²) in [6, 6.07) is 7.04. The van der Waals surface area contributed by atoms with E-state index in [2.05, 4.69) is 43.3 Å². The van der Waals surface area contributed by atoms with E-state index in [9.17, 15) is 9.59 Å². The molecule has 0 radical (unpaired) electrons. The predicted octanol–water partition coefficient (Wildman–Crippen LogP) is 3.59. The fraction of sp³-hybridized carbons (Fsp3) is 0.500. The number of hydrogen-bond donors (Lipinski definition) is 1. The first-order valence-electron chi connectivity index (χ1n) is 9.19. The summed E-state index contributed by atoms with van der Waals surface area (Å²) >= 11 is 0. The Morgan fingerprint density at radius 3 is 2.23 bits per heavy atom. The number of rotatable bonds is 7. The van der Waals surface area contributed by atoms with Gasteiger partial charge in [-0.05, 0) is 37.7 Å². The maximum absolute atomic E-state index is 12.7. The van der Waals surface area contributed by atoms with E-state index in [1.54, 1.807) is 24.3 Å². The number of carbonyl (C=O) groups excluding carboxylic acids is 1. The SMILES string of the molecule is CCn1nc(C(=O)NN=C(CC(C)C)CC(C)C)c2ccccc2c1=O. The Bertz CT molecular complexity index is 854. The molecule has 0 aliphatic rings. The lowest BCUT2D eigenvalue weighted by atomic mass is 9.99. The van der Waals surface area contributed by atoms with Gasteiger partial charge in [-0.25, -0.2) is 10.1 Å². The number of nitrogens with zero attached hydrogens (tertiary/aromatic N) is 3. The smallest absolute Gasteiger partial charge is 0.267 e. The van der Waals surface area contributed by atoms with Crippen LogP contribution in [0.1, 0.15) is 57.9 Å². The van der Waals surface area contributed by atoms with Crippen LogP contribution in [0.4, 0.5) is 0 Å². The number of aryl methyl sites for hydroxylation is 1. The highest BCUT2D eigenvalue weighted by Crippen LogP contribution is 2.14. The molecule has 1 heterocycles. The summed E-state index contributed by atoms with van der Waals surface area (Å²) in [7, 11) is 0. The van der Waals surface area contributed by atoms with Crippen molar-refractivity contribution in [3.8, 4) is 0 Å². The molecule has 1 aromatic carbocycles. The molecular formula is C20H28N4O2. The zero-order valence-corrected chi connectivity index (χ0v) is 16.2. The maximum atomic E-state index is 12.7. The molecule has 0 spiro atoms. The number of hydrazone groups is 1. The van der Waals surface area contributed by atoms with Gasteiger partial charge < -0.3 is 0 Å². The van der Waals surface area contributed by atoms with Gasteiger partial charge in [0.1, 0.15) is 0 Å². The lowest BCUT2D eigenvalue weighted by Gasteiger charge is -2.12. The van der Waals surface area contributed by atoms with Gasteiger partial charge in [0, 0.05) is 17.6 Å². The first-order valence-corrected chi connectivity index (χ1v) is 9.19. The molecule has 26 heavy (non-hydrogen) atoms. The number of benzene rings is 1. The number of amides is 1. The zero-order valence-electron chi connectivity index (χ0n) is 16.2. The minimum atomic E-state index is -0.395. The number of hydrogen-bond acceptors (Lipinski definition) is 4. The second-order valence-electron chi connectivity index (χ2n) is 7.33. The molecule has 140 valence electrons. The molecule has 2 rings (SSSR count). The fourth-order valence-corrected chi connectivity index (χ4v) is 2.92. The lowest BCUT2D eigenvalue weighted by molar-refractivity contribution is 0.0949. The highest BCUT2D eigenvalue weighted by molar-refractivity contribution is 6.05. The van der Waals surface area contributed by atoms with Gasteiger partial charge in [0.25, 0.3) is 11.5 Å². The Kier molecular flexibility index (Phi) is 6.66. The Hall–Kier alpha value is -2.50. The van der Waals surface area contributed by atoms with Gasteiger partial charge in [-0.3, -0.25) is 9.59 Å². The quantitative estimate of drug-likeness (QED) is 0.608. The monoisotopic (exact) mass is 356 g/mol. The standard InChI is InChI=1S/C20H28N4O2/c1-6-24-20(26)17-10-8-7-9-16(17)18(23-24)19(25)22-21-15(11-13(2)3)12-14(4)5/h7-10,13-14H,6,11-12H2,1-5H3,(H,22,25). The molecule has 0 atom stereocenters. The highest BCUT2D eigenvalue weighted by atomic mass is 16.2. The van der Waals surface area contributed by atoms with E-state index in [0.29, 0.717) is 29.2 Å². The molecule has 0 fully saturated rings. The van der Waals surface area contributed by atoms with Gasteiger partial charge in [-0.1, -0.05) is 45.9 Å². The van der Waals surface area contributed by atoms with Crippen molar-refractivity contribution in [1.82, 2.24) is 15.2 Å². The molecule has 6 nitrogen and oxygen atoms in total. The Morgan fingerprint density at radius 1 is 1.12 bits per heavy atom. The van der Waals surface area contributed by atoms with Crippen molar-refractivity contribution in [2.24, 2.45) is 16.9 Å². The molecule has 1 amide bonds. The topological polar surface area (TPSA) is 76.3 Å². The summed E-state index contributed by atoms with van der Waals surface area (Å²) in [5, 5.41) is 9.63. The Morgan fingerprint density at radius 2 is 1.69 bits per heavy atom. The van der Waals surface area contributed by atoms with E-state index in [0.717, 1.165) is 18.6 Å². The number of carbonyl (C=O) groups is 1. The van der Waals surface area contributed by atoms with Crippen molar-refractivity contribution in [2.75, 3.05) is 0 Å². The van der Waals surface area contributed by atoms with Gasteiger partial charge in [-0.15, -0.1) is 0 Å². The Labute approximate surface area is 154 Å². The second kappa shape index (κ2) is 8.74. The molecular weight excluding hydrogens is 328 g/mol. The van der Waals surface area contributed by atoms with Gasteiger partial charge in [0.05, 0.1) is 5.39 Å². The van der Waals surface area contributed by atoms with Crippen LogP contribution in [0.2, 0.25) is 0 Å². The van der Waals surface area contributed by atoms with Crippen LogP contribution in [0.5, 0.6) is 0 Å². The van der Waals surface area contributed by atoms with Crippen LogP contribution in [-0.2, 0) is 6.54 Å².